The fourth-order valence-corrected chi connectivity index (χ4v) is 9.24. The first-order valence-corrected chi connectivity index (χ1v) is 21.1. The molecule has 60 heavy (non-hydrogen) atoms. The van der Waals surface area contributed by atoms with Crippen LogP contribution >= 0.6 is 11.6 Å². The van der Waals surface area contributed by atoms with Crippen LogP contribution in [0, 0.1) is 11.8 Å². The van der Waals surface area contributed by atoms with Gasteiger partial charge in [-0.2, -0.15) is 0 Å². The fraction of sp³-hybridized carbons (Fsp3) is 0.644. The summed E-state index contributed by atoms with van der Waals surface area (Å²) < 4.78 is 47.0. The Morgan fingerprint density at radius 1 is 0.717 bits per heavy atom. The number of hydrogen-bond donors (Lipinski definition) is 2. The standard InChI is InChI=1S/C26H34O7.C19H28ClNO6/c1-18(2)13-14-20-25(3,33-20)24-23(30-4)19(15-16-26(24)17-31-26)32-22(29)12-10-8-6-5-7-9-11-21(27)28;1-11(2)5-6-13-18(3,27-13)16-15(24-4)12(7-8-19(16)10-25-19)26-17(23)21-14(22)9-20/h5-13,19-20,23-24H,14-17H2,1-4H3,(H,27,28);5,12-13,15-16H,6-10H2,1-4H3,(H,21,22,23)/b7-5+,8-6+,11-9+,12-10+;/t19-,20-,23-,24-,25+,26+;12-,13-,15-,16-,18+,19+/m11/s1. The number of amides is 2. The van der Waals surface area contributed by atoms with E-state index in [9.17, 15) is 19.2 Å². The molecule has 2 N–H and O–H groups in total. The molecule has 15 heteroatoms. The van der Waals surface area contributed by atoms with Crippen molar-refractivity contribution in [2.24, 2.45) is 11.8 Å². The number of carbonyl (C=O) groups excluding carboxylic acids is 3. The summed E-state index contributed by atoms with van der Waals surface area (Å²) in [4.78, 5) is 46.1. The summed E-state index contributed by atoms with van der Waals surface area (Å²) in [6.07, 6.45) is 18.7. The van der Waals surface area contributed by atoms with Gasteiger partial charge in [0.25, 0.3) is 0 Å². The number of halogens is 1. The smallest absolute Gasteiger partial charge is 0.414 e. The van der Waals surface area contributed by atoms with Gasteiger partial charge in [-0.15, -0.1) is 11.6 Å². The predicted molar refractivity (Wildman–Crippen MR) is 222 cm³/mol. The summed E-state index contributed by atoms with van der Waals surface area (Å²) in [5.74, 6) is -2.40. The molecule has 4 heterocycles. The molecule has 4 aliphatic heterocycles. The number of carbonyl (C=O) groups is 4. The Bertz CT molecular complexity index is 1750. The highest BCUT2D eigenvalue weighted by molar-refractivity contribution is 6.28. The maximum Gasteiger partial charge on any atom is 0.414 e. The quantitative estimate of drug-likeness (QED) is 0.0430. The number of nitrogens with one attached hydrogen (secondary N) is 1. The number of carboxylic acid groups (broad SMARTS) is 1. The van der Waals surface area contributed by atoms with E-state index in [1.807, 2.05) is 0 Å². The number of alkyl halides is 1. The van der Waals surface area contributed by atoms with E-state index in [0.29, 0.717) is 26.1 Å². The Morgan fingerprint density at radius 3 is 1.55 bits per heavy atom. The van der Waals surface area contributed by atoms with Crippen LogP contribution < -0.4 is 5.32 Å². The van der Waals surface area contributed by atoms with Crippen molar-refractivity contribution < 1.29 is 62.2 Å². The van der Waals surface area contributed by atoms with Gasteiger partial charge in [-0.1, -0.05) is 59.8 Å². The van der Waals surface area contributed by atoms with Crippen molar-refractivity contribution in [1.82, 2.24) is 5.32 Å². The molecule has 2 spiro atoms. The lowest BCUT2D eigenvalue weighted by Gasteiger charge is -2.42. The average Bonchev–Trinajstić information content (AvgIpc) is 4.07. The molecule has 4 saturated heterocycles. The number of esters is 1. The zero-order valence-electron chi connectivity index (χ0n) is 36.0. The molecule has 0 aromatic rings. The van der Waals surface area contributed by atoms with Gasteiger partial charge < -0.3 is 43.0 Å². The number of allylic oxidation sites excluding steroid dienone is 8. The van der Waals surface area contributed by atoms with Gasteiger partial charge >= 0.3 is 18.0 Å². The molecule has 2 aliphatic carbocycles. The number of aliphatic carboxylic acids is 1. The third-order valence-corrected chi connectivity index (χ3v) is 12.6. The summed E-state index contributed by atoms with van der Waals surface area (Å²) in [7, 11) is 3.26. The van der Waals surface area contributed by atoms with Crippen molar-refractivity contribution in [3.8, 4) is 0 Å². The van der Waals surface area contributed by atoms with E-state index in [4.69, 9.17) is 54.6 Å². The lowest BCUT2D eigenvalue weighted by molar-refractivity contribution is -0.166. The highest BCUT2D eigenvalue weighted by atomic mass is 35.5. The van der Waals surface area contributed by atoms with E-state index in [2.05, 4.69) is 59.0 Å². The van der Waals surface area contributed by atoms with Crippen molar-refractivity contribution in [3.63, 3.8) is 0 Å². The fourth-order valence-electron chi connectivity index (χ4n) is 9.17. The monoisotopic (exact) mass is 859 g/mol. The molecule has 6 rings (SSSR count). The molecule has 0 unspecified atom stereocenters. The lowest BCUT2D eigenvalue weighted by Crippen LogP contribution is -2.56. The molecule has 332 valence electrons. The van der Waals surface area contributed by atoms with E-state index < -0.39 is 35.6 Å². The van der Waals surface area contributed by atoms with Gasteiger partial charge in [0.15, 0.2) is 0 Å². The Morgan fingerprint density at radius 2 is 1.15 bits per heavy atom. The van der Waals surface area contributed by atoms with E-state index in [1.54, 1.807) is 44.6 Å². The first-order chi connectivity index (χ1) is 28.5. The van der Waals surface area contributed by atoms with Crippen LogP contribution in [0.2, 0.25) is 0 Å². The van der Waals surface area contributed by atoms with Gasteiger partial charge in [0.1, 0.15) is 52.7 Å². The predicted octanol–water partition coefficient (Wildman–Crippen LogP) is 6.47. The zero-order valence-corrected chi connectivity index (χ0v) is 36.7. The minimum absolute atomic E-state index is 0.00928. The molecule has 0 aromatic heterocycles. The minimum Gasteiger partial charge on any atom is -0.478 e. The molecular formula is C45H62ClNO13. The van der Waals surface area contributed by atoms with Crippen molar-refractivity contribution in [3.05, 3.63) is 71.9 Å². The van der Waals surface area contributed by atoms with Crippen LogP contribution in [0.25, 0.3) is 0 Å². The highest BCUT2D eigenvalue weighted by Crippen LogP contribution is 2.61. The Hall–Kier alpha value is -3.63. The summed E-state index contributed by atoms with van der Waals surface area (Å²) in [5, 5.41) is 10.6. The molecule has 2 saturated carbocycles. The van der Waals surface area contributed by atoms with Crippen molar-refractivity contribution in [2.75, 3.05) is 33.3 Å². The molecule has 0 radical (unpaired) electrons. The van der Waals surface area contributed by atoms with Gasteiger partial charge in [0.05, 0.1) is 37.3 Å². The SMILES string of the molecule is CO[C@@H]1[C@H](OC(=O)/C=C/C=C/C=C/C=C/C(=O)O)CC[C@]2(CO2)[C@H]1[C@@]1(C)O[C@@H]1CC=C(C)C.CO[C@@H]1[C@H](OC(=O)NC(=O)CCl)CC[C@]2(CO2)[C@H]1[C@@]1(C)O[C@@H]1CC=C(C)C. The second kappa shape index (κ2) is 20.0. The van der Waals surface area contributed by atoms with E-state index in [0.717, 1.165) is 31.8 Å². The lowest BCUT2D eigenvalue weighted by atomic mass is 9.68. The second-order valence-corrected chi connectivity index (χ2v) is 17.4. The van der Waals surface area contributed by atoms with Crippen molar-refractivity contribution in [2.45, 2.75) is 139 Å². The molecule has 6 aliphatic rings. The third-order valence-electron chi connectivity index (χ3n) is 12.4. The molecule has 14 nitrogen and oxygen atoms in total. The first kappa shape index (κ1) is 47.4. The number of carboxylic acids is 1. The van der Waals surface area contributed by atoms with Crippen LogP contribution in [0.5, 0.6) is 0 Å². The van der Waals surface area contributed by atoms with Crippen LogP contribution in [-0.2, 0) is 52.3 Å². The third kappa shape index (κ3) is 11.6. The Labute approximate surface area is 358 Å². The van der Waals surface area contributed by atoms with E-state index >= 15 is 0 Å². The molecule has 12 atom stereocenters. The summed E-state index contributed by atoms with van der Waals surface area (Å²) in [5.41, 5.74) is 1.22. The number of ether oxygens (including phenoxy) is 8. The average molecular weight is 860 g/mol. The van der Waals surface area contributed by atoms with E-state index in [1.165, 1.54) is 23.3 Å². The van der Waals surface area contributed by atoms with Crippen LogP contribution in [-0.4, -0.2) is 121 Å². The molecule has 6 fully saturated rings. The normalized spacial score (nSPS) is 37.4. The largest absolute Gasteiger partial charge is 0.478 e. The van der Waals surface area contributed by atoms with Crippen LogP contribution in [0.4, 0.5) is 4.79 Å². The number of methoxy groups -OCH3 is 2. The number of imide groups is 1. The van der Waals surface area contributed by atoms with E-state index in [-0.39, 0.29) is 65.0 Å². The Balaban J connectivity index is 0.000000232. The van der Waals surface area contributed by atoms with Gasteiger partial charge in [0.2, 0.25) is 5.91 Å². The van der Waals surface area contributed by atoms with Crippen molar-refractivity contribution in [1.29, 1.82) is 0 Å². The van der Waals surface area contributed by atoms with Gasteiger partial charge in [0, 0.05) is 26.4 Å². The zero-order chi connectivity index (χ0) is 43.9. The summed E-state index contributed by atoms with van der Waals surface area (Å²) >= 11 is 5.42. The number of alkyl carbamates (subject to hydrolysis) is 1. The number of epoxide rings is 4. The minimum atomic E-state index is -1.00. The summed E-state index contributed by atoms with van der Waals surface area (Å²) in [6, 6.07) is 0. The first-order valence-electron chi connectivity index (χ1n) is 20.6. The second-order valence-electron chi connectivity index (χ2n) is 17.2. The summed E-state index contributed by atoms with van der Waals surface area (Å²) in [6.45, 7) is 13.8. The van der Waals surface area contributed by atoms with Gasteiger partial charge in [-0.3, -0.25) is 10.1 Å². The van der Waals surface area contributed by atoms with Crippen molar-refractivity contribution >= 4 is 35.5 Å². The Kier molecular flexibility index (Phi) is 15.8. The molecule has 0 bridgehead atoms. The molecule has 2 amide bonds. The topological polar surface area (TPSA) is 188 Å². The maximum atomic E-state index is 12.4. The van der Waals surface area contributed by atoms with Crippen LogP contribution in [0.1, 0.15) is 80.1 Å². The van der Waals surface area contributed by atoms with Crippen LogP contribution in [0.15, 0.2) is 71.9 Å². The van der Waals surface area contributed by atoms with Crippen LogP contribution in [0.3, 0.4) is 0 Å². The van der Waals surface area contributed by atoms with Gasteiger partial charge in [-0.05, 0) is 80.1 Å². The number of hydrogen-bond acceptors (Lipinski definition) is 12. The maximum absolute atomic E-state index is 12.4. The number of rotatable bonds is 16. The molecular weight excluding hydrogens is 798 g/mol. The van der Waals surface area contributed by atoms with Gasteiger partial charge in [-0.25, -0.2) is 14.4 Å². The molecule has 0 aromatic carbocycles. The highest BCUT2D eigenvalue weighted by Gasteiger charge is 2.73.